The molecule has 2 saturated heterocycles. The van der Waals surface area contributed by atoms with Crippen LogP contribution in [0.1, 0.15) is 83.0 Å². The average molecular weight is 1170 g/mol. The van der Waals surface area contributed by atoms with E-state index in [9.17, 15) is 14.4 Å². The standard InChI is InChI=1S/C36H42N4O4.C35H38N6O2/c1-6-33(41)37-31-21-26(36(2,3)4)22-32(34(31)43-5)39-35(42)38-30-16-15-27(28-9-7-8-10-29(28)30)25-13-11-24(12-14-25)23-40-17-19-44-20-18-40;1-24-9-13-27(14-10-24)41-33(21-32(39-41)35(2,3)4)38-34(42)37-31-16-15-28(29-7-5-6-8-30(29)31)25-11-12-26(36-22-25)23-40-17-19-43-20-18-40/h7-16,21-22H,6,17-20,23H2,1-5H3,(H,37,41)(H2,38,39,42);5-16,21-22H,17-20,23H2,1-4H3,(H2,37,38,42). The molecule has 2 fully saturated rings. The number of aromatic nitrogens is 3. The van der Waals surface area contributed by atoms with Crippen molar-refractivity contribution in [2.75, 3.05) is 86.3 Å². The summed E-state index contributed by atoms with van der Waals surface area (Å²) in [7, 11) is 1.53. The number of benzene rings is 7. The molecular weight excluding hydrogens is 1090 g/mol. The summed E-state index contributed by atoms with van der Waals surface area (Å²) in [5.74, 6) is 0.866. The molecule has 450 valence electrons. The predicted octanol–water partition coefficient (Wildman–Crippen LogP) is 14.8. The number of pyridine rings is 1. The molecular formula is C71H80N10O6. The molecule has 16 nitrogen and oxygen atoms in total. The third-order valence-electron chi connectivity index (χ3n) is 15.7. The van der Waals surface area contributed by atoms with Crippen LogP contribution in [0, 0.1) is 6.92 Å². The van der Waals surface area contributed by atoms with Gasteiger partial charge in [0.1, 0.15) is 5.82 Å². The van der Waals surface area contributed by atoms with Gasteiger partial charge >= 0.3 is 12.1 Å². The molecule has 9 aromatic rings. The van der Waals surface area contributed by atoms with E-state index in [-0.39, 0.29) is 22.8 Å². The molecule has 0 unspecified atom stereocenters. The second-order valence-electron chi connectivity index (χ2n) is 24.3. The first-order valence-corrected chi connectivity index (χ1v) is 29.9. The number of carbonyl (C=O) groups is 3. The fourth-order valence-electron chi connectivity index (χ4n) is 10.8. The lowest BCUT2D eigenvalue weighted by Gasteiger charge is -2.26. The van der Waals surface area contributed by atoms with Crippen LogP contribution in [-0.2, 0) is 38.2 Å². The third kappa shape index (κ3) is 15.2. The zero-order valence-corrected chi connectivity index (χ0v) is 51.5. The second kappa shape index (κ2) is 27.2. The first-order valence-electron chi connectivity index (χ1n) is 29.9. The number of rotatable bonds is 14. The van der Waals surface area contributed by atoms with Crippen molar-refractivity contribution in [3.63, 3.8) is 0 Å². The summed E-state index contributed by atoms with van der Waals surface area (Å²) in [6.07, 6.45) is 2.27. The molecule has 0 saturated carbocycles. The van der Waals surface area contributed by atoms with Gasteiger partial charge in [-0.05, 0) is 93.4 Å². The lowest BCUT2D eigenvalue weighted by Crippen LogP contribution is -2.35. The van der Waals surface area contributed by atoms with Gasteiger partial charge in [0.15, 0.2) is 5.75 Å². The van der Waals surface area contributed by atoms with E-state index in [0.717, 1.165) is 143 Å². The van der Waals surface area contributed by atoms with Crippen LogP contribution < -0.4 is 31.3 Å². The lowest BCUT2D eigenvalue weighted by molar-refractivity contribution is -0.115. The third-order valence-corrected chi connectivity index (χ3v) is 15.7. The molecule has 2 aliphatic rings. The molecule has 2 aromatic heterocycles. The second-order valence-corrected chi connectivity index (χ2v) is 24.3. The summed E-state index contributed by atoms with van der Waals surface area (Å²) in [5.41, 5.74) is 12.5. The van der Waals surface area contributed by atoms with Crippen LogP contribution in [0.3, 0.4) is 0 Å². The van der Waals surface area contributed by atoms with Crippen molar-refractivity contribution in [1.29, 1.82) is 0 Å². The first kappa shape index (κ1) is 61.2. The van der Waals surface area contributed by atoms with E-state index in [2.05, 4.69) is 126 Å². The van der Waals surface area contributed by atoms with Crippen LogP contribution in [-0.4, -0.2) is 102 Å². The monoisotopic (exact) mass is 1170 g/mol. The van der Waals surface area contributed by atoms with Gasteiger partial charge in [0.25, 0.3) is 0 Å². The summed E-state index contributed by atoms with van der Waals surface area (Å²) >= 11 is 0. The maximum absolute atomic E-state index is 13.4. The number of urea groups is 2. The smallest absolute Gasteiger partial charge is 0.324 e. The number of anilines is 5. The topological polar surface area (TPSA) is 176 Å². The minimum absolute atomic E-state index is 0.136. The highest BCUT2D eigenvalue weighted by Crippen LogP contribution is 2.40. The van der Waals surface area contributed by atoms with E-state index < -0.39 is 6.03 Å². The van der Waals surface area contributed by atoms with Crippen molar-refractivity contribution in [3.05, 3.63) is 186 Å². The highest BCUT2D eigenvalue weighted by molar-refractivity contribution is 6.11. The Morgan fingerprint density at radius 3 is 1.60 bits per heavy atom. The lowest BCUT2D eigenvalue weighted by atomic mass is 9.86. The molecule has 7 aromatic carbocycles. The summed E-state index contributed by atoms with van der Waals surface area (Å²) in [6.45, 7) is 25.1. The molecule has 0 spiro atoms. The Labute approximate surface area is 510 Å². The first-order chi connectivity index (χ1) is 41.9. The van der Waals surface area contributed by atoms with Crippen LogP contribution in [0.4, 0.5) is 38.2 Å². The number of hydrogen-bond acceptors (Lipinski definition) is 10. The number of aryl methyl sites for hydroxylation is 1. The summed E-state index contributed by atoms with van der Waals surface area (Å²) in [4.78, 5) is 48.6. The molecule has 0 bridgehead atoms. The number of hydrogen-bond donors (Lipinski definition) is 5. The molecule has 11 rings (SSSR count). The Bertz CT molecular complexity index is 3870. The number of nitrogens with zero attached hydrogens (tertiary/aromatic N) is 5. The van der Waals surface area contributed by atoms with Gasteiger partial charge in [-0.3, -0.25) is 24.9 Å². The summed E-state index contributed by atoms with van der Waals surface area (Å²) in [5, 5.41) is 23.9. The summed E-state index contributed by atoms with van der Waals surface area (Å²) in [6, 6.07) is 50.2. The van der Waals surface area contributed by atoms with Crippen molar-refractivity contribution in [3.8, 4) is 33.7 Å². The molecule has 5 N–H and O–H groups in total. The van der Waals surface area contributed by atoms with E-state index in [0.29, 0.717) is 35.1 Å². The zero-order chi connectivity index (χ0) is 61.2. The molecule has 2 aliphatic heterocycles. The number of fused-ring (bicyclic) bond motifs is 2. The Kier molecular flexibility index (Phi) is 19.1. The Morgan fingerprint density at radius 2 is 1.07 bits per heavy atom. The maximum Gasteiger partial charge on any atom is 0.324 e. The van der Waals surface area contributed by atoms with Crippen LogP contribution in [0.2, 0.25) is 0 Å². The molecule has 0 atom stereocenters. The van der Waals surface area contributed by atoms with Gasteiger partial charge in [-0.1, -0.05) is 157 Å². The minimum Gasteiger partial charge on any atom is -0.492 e. The van der Waals surface area contributed by atoms with Gasteiger partial charge in [0.05, 0.1) is 73.4 Å². The van der Waals surface area contributed by atoms with Gasteiger partial charge < -0.3 is 35.5 Å². The van der Waals surface area contributed by atoms with E-state index >= 15 is 0 Å². The van der Waals surface area contributed by atoms with Crippen LogP contribution in [0.15, 0.2) is 158 Å². The molecule has 4 heterocycles. The normalized spacial score (nSPS) is 14.0. The van der Waals surface area contributed by atoms with E-state index in [1.807, 2.05) is 116 Å². The Morgan fingerprint density at radius 1 is 0.552 bits per heavy atom. The molecule has 0 aliphatic carbocycles. The van der Waals surface area contributed by atoms with E-state index in [1.165, 1.54) is 12.7 Å². The molecule has 5 amide bonds. The maximum atomic E-state index is 13.4. The Balaban J connectivity index is 0.000000193. The van der Waals surface area contributed by atoms with Crippen molar-refractivity contribution in [2.24, 2.45) is 0 Å². The summed E-state index contributed by atoms with van der Waals surface area (Å²) < 4.78 is 18.4. The van der Waals surface area contributed by atoms with Crippen LogP contribution in [0.25, 0.3) is 49.5 Å². The SMILES string of the molecule is CCC(=O)Nc1cc(C(C)(C)C)cc(NC(=O)Nc2ccc(-c3ccc(CN4CCOCC4)cc3)c3ccccc23)c1OC.Cc1ccc(-n2nc(C(C)(C)C)cc2NC(=O)Nc2ccc(-c3ccc(CN4CCOCC4)nc3)c3ccccc23)cc1. The average Bonchev–Trinajstić information content (AvgIpc) is 1.91. The predicted molar refractivity (Wildman–Crippen MR) is 352 cm³/mol. The van der Waals surface area contributed by atoms with Gasteiger partial charge in [-0.2, -0.15) is 5.10 Å². The zero-order valence-electron chi connectivity index (χ0n) is 51.5. The molecule has 16 heteroatoms. The van der Waals surface area contributed by atoms with E-state index in [1.54, 1.807) is 11.6 Å². The van der Waals surface area contributed by atoms with Gasteiger partial charge in [0.2, 0.25) is 5.91 Å². The van der Waals surface area contributed by atoms with Crippen molar-refractivity contribution >= 4 is 68.1 Å². The fraction of sp³-hybridized carbons (Fsp3) is 0.310. The molecule has 87 heavy (non-hydrogen) atoms. The van der Waals surface area contributed by atoms with Crippen molar-refractivity contribution < 1.29 is 28.6 Å². The van der Waals surface area contributed by atoms with Gasteiger partial charge in [-0.25, -0.2) is 14.3 Å². The largest absolute Gasteiger partial charge is 0.492 e. The highest BCUT2D eigenvalue weighted by Gasteiger charge is 2.25. The number of carbonyl (C=O) groups excluding carboxylic acids is 3. The van der Waals surface area contributed by atoms with Gasteiger partial charge in [-0.15, -0.1) is 0 Å². The van der Waals surface area contributed by atoms with Crippen LogP contribution in [0.5, 0.6) is 5.75 Å². The van der Waals surface area contributed by atoms with E-state index in [4.69, 9.17) is 24.3 Å². The number of ether oxygens (including phenoxy) is 3. The van der Waals surface area contributed by atoms with Crippen molar-refractivity contribution in [2.45, 2.75) is 85.7 Å². The van der Waals surface area contributed by atoms with Crippen LogP contribution >= 0.6 is 0 Å². The Hall–Kier alpha value is -8.93. The number of methoxy groups -OCH3 is 1. The van der Waals surface area contributed by atoms with Crippen molar-refractivity contribution in [1.82, 2.24) is 24.6 Å². The highest BCUT2D eigenvalue weighted by atomic mass is 16.5. The number of amides is 5. The number of morpholine rings is 2. The fourth-order valence-corrected chi connectivity index (χ4v) is 10.8. The quantitative estimate of drug-likeness (QED) is 0.0704. The molecule has 0 radical (unpaired) electrons. The minimum atomic E-state index is -0.410. The van der Waals surface area contributed by atoms with Gasteiger partial charge in [0, 0.05) is 79.7 Å². The number of nitrogens with one attached hydrogen (secondary N) is 5.